The van der Waals surface area contributed by atoms with Gasteiger partial charge in [0, 0.05) is 23.8 Å². The van der Waals surface area contributed by atoms with Crippen LogP contribution in [-0.4, -0.2) is 47.3 Å². The number of benzene rings is 1. The molecule has 1 aromatic carbocycles. The highest BCUT2D eigenvalue weighted by molar-refractivity contribution is 9.10. The maximum atomic E-state index is 11.9. The molecule has 0 aliphatic carbocycles. The van der Waals surface area contributed by atoms with Crippen LogP contribution in [0.25, 0.3) is 0 Å². The molecule has 0 unspecified atom stereocenters. The lowest BCUT2D eigenvalue weighted by Crippen LogP contribution is -2.42. The molecule has 2 N–H and O–H groups in total. The van der Waals surface area contributed by atoms with Crippen molar-refractivity contribution in [1.82, 2.24) is 9.88 Å². The van der Waals surface area contributed by atoms with Crippen molar-refractivity contribution in [2.45, 2.75) is 12.5 Å². The topological polar surface area (TPSA) is 91.8 Å². The number of esters is 1. The third-order valence-corrected chi connectivity index (χ3v) is 4.91. The average molecular weight is 420 g/mol. The number of carboxylic acid groups (broad SMARTS) is 1. The summed E-state index contributed by atoms with van der Waals surface area (Å²) in [6.45, 7) is 0.735. The van der Waals surface area contributed by atoms with Crippen LogP contribution in [0.3, 0.4) is 0 Å². The largest absolute Gasteiger partial charge is 0.465 e. The Labute approximate surface area is 159 Å². The van der Waals surface area contributed by atoms with E-state index in [0.717, 1.165) is 15.6 Å². The van der Waals surface area contributed by atoms with Crippen LogP contribution in [0, 0.1) is 0 Å². The number of hydrogen-bond donors (Lipinski definition) is 2. The number of rotatable bonds is 4. The van der Waals surface area contributed by atoms with Gasteiger partial charge in [0.2, 0.25) is 0 Å². The van der Waals surface area contributed by atoms with Crippen molar-refractivity contribution < 1.29 is 19.4 Å². The number of amides is 1. The lowest BCUT2D eigenvalue weighted by molar-refractivity contribution is 0.0601. The van der Waals surface area contributed by atoms with Gasteiger partial charge in [-0.2, -0.15) is 0 Å². The number of ether oxygens (including phenoxy) is 1. The van der Waals surface area contributed by atoms with Gasteiger partial charge in [-0.25, -0.2) is 9.59 Å². The molecule has 0 saturated carbocycles. The summed E-state index contributed by atoms with van der Waals surface area (Å²) >= 11 is 3.46. The fraction of sp³-hybridized carbons (Fsp3) is 0.278. The van der Waals surface area contributed by atoms with Gasteiger partial charge in [0.25, 0.3) is 0 Å². The second-order valence-electron chi connectivity index (χ2n) is 5.88. The van der Waals surface area contributed by atoms with E-state index >= 15 is 0 Å². The molecule has 1 aliphatic rings. The Hall–Kier alpha value is -2.61. The Morgan fingerprint density at radius 1 is 1.42 bits per heavy atom. The summed E-state index contributed by atoms with van der Waals surface area (Å²) in [6.07, 6.45) is 2.74. The number of fused-ring (bicyclic) bond motifs is 1. The summed E-state index contributed by atoms with van der Waals surface area (Å²) in [4.78, 5) is 29.0. The summed E-state index contributed by atoms with van der Waals surface area (Å²) < 4.78 is 5.75. The first kappa shape index (κ1) is 18.2. The molecule has 1 aliphatic heterocycles. The van der Waals surface area contributed by atoms with E-state index in [2.05, 4.69) is 26.2 Å². The van der Waals surface area contributed by atoms with E-state index in [0.29, 0.717) is 30.8 Å². The van der Waals surface area contributed by atoms with Gasteiger partial charge in [0.1, 0.15) is 0 Å². The van der Waals surface area contributed by atoms with Gasteiger partial charge in [-0.05, 0) is 35.7 Å². The minimum absolute atomic E-state index is 0.316. The highest BCUT2D eigenvalue weighted by Crippen LogP contribution is 2.32. The maximum absolute atomic E-state index is 11.9. The molecule has 1 amide bonds. The number of hydrogen-bond acceptors (Lipinski definition) is 5. The van der Waals surface area contributed by atoms with Crippen molar-refractivity contribution in [2.24, 2.45) is 0 Å². The molecule has 0 bridgehead atoms. The van der Waals surface area contributed by atoms with Crippen LogP contribution in [0.5, 0.6) is 0 Å². The first-order valence-corrected chi connectivity index (χ1v) is 8.84. The highest BCUT2D eigenvalue weighted by atomic mass is 79.9. The number of pyridine rings is 1. The van der Waals surface area contributed by atoms with Gasteiger partial charge in [-0.1, -0.05) is 22.0 Å². The summed E-state index contributed by atoms with van der Waals surface area (Å²) in [6, 6.07) is 7.06. The molecule has 3 rings (SSSR count). The Morgan fingerprint density at radius 2 is 2.23 bits per heavy atom. The standard InChI is InChI=1S/C18H18BrN3O4/c1-26-17(23)14-4-6-20-9-15(14)21-10-16-13-3-2-12(19)8-11(13)5-7-22(16)18(24)25/h2-4,6,8-9,16,21H,5,7,10H2,1H3,(H,24,25)/t16-/m0/s1. The van der Waals surface area contributed by atoms with Crippen LogP contribution in [0.1, 0.15) is 27.5 Å². The minimum atomic E-state index is -0.968. The van der Waals surface area contributed by atoms with Crippen molar-refractivity contribution >= 4 is 33.7 Å². The zero-order chi connectivity index (χ0) is 18.7. The van der Waals surface area contributed by atoms with E-state index in [1.54, 1.807) is 6.07 Å². The molecular weight excluding hydrogens is 402 g/mol. The van der Waals surface area contributed by atoms with Gasteiger partial charge in [0.05, 0.1) is 30.6 Å². The quantitative estimate of drug-likeness (QED) is 0.738. The van der Waals surface area contributed by atoms with Gasteiger partial charge in [-0.15, -0.1) is 0 Å². The van der Waals surface area contributed by atoms with Crippen LogP contribution in [0.2, 0.25) is 0 Å². The number of nitrogens with zero attached hydrogens (tertiary/aromatic N) is 2. The third kappa shape index (κ3) is 3.65. The summed E-state index contributed by atoms with van der Waals surface area (Å²) in [5.74, 6) is -0.474. The Kier molecular flexibility index (Phi) is 5.41. The number of carbonyl (C=O) groups excluding carboxylic acids is 1. The fourth-order valence-electron chi connectivity index (χ4n) is 3.16. The smallest absolute Gasteiger partial charge is 0.407 e. The number of methoxy groups -OCH3 is 1. The lowest BCUT2D eigenvalue weighted by atomic mass is 9.92. The van der Waals surface area contributed by atoms with Crippen molar-refractivity contribution in [1.29, 1.82) is 0 Å². The van der Waals surface area contributed by atoms with E-state index in [9.17, 15) is 14.7 Å². The molecule has 8 heteroatoms. The van der Waals surface area contributed by atoms with Gasteiger partial charge >= 0.3 is 12.1 Å². The second kappa shape index (κ2) is 7.74. The first-order chi connectivity index (χ1) is 12.5. The molecule has 1 atom stereocenters. The Balaban J connectivity index is 1.88. The second-order valence-corrected chi connectivity index (χ2v) is 6.79. The zero-order valence-electron chi connectivity index (χ0n) is 14.1. The maximum Gasteiger partial charge on any atom is 0.407 e. The molecule has 0 spiro atoms. The molecule has 0 radical (unpaired) electrons. The predicted octanol–water partition coefficient (Wildman–Crippen LogP) is 3.32. The van der Waals surface area contributed by atoms with Crippen LogP contribution < -0.4 is 5.32 Å². The molecule has 1 aromatic heterocycles. The molecule has 0 fully saturated rings. The fourth-order valence-corrected chi connectivity index (χ4v) is 3.57. The predicted molar refractivity (Wildman–Crippen MR) is 99.4 cm³/mol. The van der Waals surface area contributed by atoms with Crippen LogP contribution in [-0.2, 0) is 11.2 Å². The molecule has 26 heavy (non-hydrogen) atoms. The van der Waals surface area contributed by atoms with E-state index in [1.807, 2.05) is 18.2 Å². The molecule has 7 nitrogen and oxygen atoms in total. The van der Waals surface area contributed by atoms with Crippen molar-refractivity contribution in [3.8, 4) is 0 Å². The van der Waals surface area contributed by atoms with Gasteiger partial charge < -0.3 is 15.2 Å². The van der Waals surface area contributed by atoms with E-state index in [1.165, 1.54) is 24.4 Å². The van der Waals surface area contributed by atoms with E-state index < -0.39 is 12.1 Å². The number of anilines is 1. The SMILES string of the molecule is COC(=O)c1ccncc1NC[C@H]1c2ccc(Br)cc2CCN1C(=O)O. The number of nitrogens with one attached hydrogen (secondary N) is 1. The first-order valence-electron chi connectivity index (χ1n) is 8.05. The summed E-state index contributed by atoms with van der Waals surface area (Å²) in [5.41, 5.74) is 2.94. The molecule has 136 valence electrons. The van der Waals surface area contributed by atoms with Gasteiger partial charge in [-0.3, -0.25) is 9.88 Å². The molecule has 2 heterocycles. The number of aromatic nitrogens is 1. The van der Waals surface area contributed by atoms with Crippen LogP contribution in [0.4, 0.5) is 10.5 Å². The van der Waals surface area contributed by atoms with Crippen LogP contribution >= 0.6 is 15.9 Å². The number of halogens is 1. The van der Waals surface area contributed by atoms with Crippen molar-refractivity contribution in [3.05, 3.63) is 57.8 Å². The van der Waals surface area contributed by atoms with Crippen LogP contribution in [0.15, 0.2) is 41.1 Å². The van der Waals surface area contributed by atoms with Gasteiger partial charge in [0.15, 0.2) is 0 Å². The summed E-state index contributed by atoms with van der Waals surface area (Å²) in [5, 5.41) is 12.7. The van der Waals surface area contributed by atoms with Crippen molar-refractivity contribution in [2.75, 3.05) is 25.5 Å². The molecule has 2 aromatic rings. The lowest BCUT2D eigenvalue weighted by Gasteiger charge is -2.36. The highest BCUT2D eigenvalue weighted by Gasteiger charge is 2.31. The molecular formula is C18H18BrN3O4. The monoisotopic (exact) mass is 419 g/mol. The normalized spacial score (nSPS) is 15.9. The van der Waals surface area contributed by atoms with E-state index in [-0.39, 0.29) is 6.04 Å². The minimum Gasteiger partial charge on any atom is -0.465 e. The third-order valence-electron chi connectivity index (χ3n) is 4.42. The van der Waals surface area contributed by atoms with E-state index in [4.69, 9.17) is 4.74 Å². The van der Waals surface area contributed by atoms with Crippen molar-refractivity contribution in [3.63, 3.8) is 0 Å². The Morgan fingerprint density at radius 3 is 2.96 bits per heavy atom. The molecule has 0 saturated heterocycles. The Bertz CT molecular complexity index is 843. The average Bonchev–Trinajstić information content (AvgIpc) is 2.65. The number of carbonyl (C=O) groups is 2. The zero-order valence-corrected chi connectivity index (χ0v) is 15.7. The summed E-state index contributed by atoms with van der Waals surface area (Å²) in [7, 11) is 1.31.